The predicted molar refractivity (Wildman–Crippen MR) is 47.8 cm³/mol. The first-order valence-electron chi connectivity index (χ1n) is 4.38. The second-order valence-corrected chi connectivity index (χ2v) is 3.40. The normalized spacial score (nSPS) is 18.8. The molecular formula is C9H13N3. The third kappa shape index (κ3) is 1.72. The van der Waals surface area contributed by atoms with Crippen molar-refractivity contribution in [2.75, 3.05) is 5.32 Å². The second-order valence-electron chi connectivity index (χ2n) is 3.40. The van der Waals surface area contributed by atoms with Gasteiger partial charge >= 0.3 is 0 Å². The molecule has 1 aliphatic rings. The summed E-state index contributed by atoms with van der Waals surface area (Å²) >= 11 is 0. The fraction of sp³-hybridized carbons (Fsp3) is 0.556. The van der Waals surface area contributed by atoms with Crippen molar-refractivity contribution in [3.8, 4) is 0 Å². The van der Waals surface area contributed by atoms with Gasteiger partial charge in [-0.05, 0) is 25.7 Å². The van der Waals surface area contributed by atoms with Crippen LogP contribution in [0.25, 0.3) is 0 Å². The standard InChI is InChI=1S/C9H13N3/c1-7(8-2-3-8)12-9-4-10-6-11-5-9/h4-8,12H,2-3H2,1H3. The Kier molecular flexibility index (Phi) is 1.94. The van der Waals surface area contributed by atoms with Gasteiger partial charge in [-0.15, -0.1) is 0 Å². The molecule has 1 saturated carbocycles. The highest BCUT2D eigenvalue weighted by atomic mass is 15.0. The van der Waals surface area contributed by atoms with Gasteiger partial charge in [0.25, 0.3) is 0 Å². The van der Waals surface area contributed by atoms with E-state index in [1.165, 1.54) is 12.8 Å². The van der Waals surface area contributed by atoms with Crippen molar-refractivity contribution >= 4 is 5.69 Å². The Bertz CT molecular complexity index is 243. The van der Waals surface area contributed by atoms with Crippen molar-refractivity contribution in [2.45, 2.75) is 25.8 Å². The summed E-state index contributed by atoms with van der Waals surface area (Å²) in [6.45, 7) is 2.21. The molecule has 3 heteroatoms. The Labute approximate surface area is 72.2 Å². The molecule has 0 bridgehead atoms. The van der Waals surface area contributed by atoms with Crippen LogP contribution in [-0.4, -0.2) is 16.0 Å². The van der Waals surface area contributed by atoms with Gasteiger partial charge in [0.2, 0.25) is 0 Å². The third-order valence-electron chi connectivity index (χ3n) is 2.28. The molecule has 2 rings (SSSR count). The van der Waals surface area contributed by atoms with E-state index >= 15 is 0 Å². The van der Waals surface area contributed by atoms with E-state index < -0.39 is 0 Å². The molecule has 64 valence electrons. The van der Waals surface area contributed by atoms with Gasteiger partial charge in [-0.3, -0.25) is 0 Å². The number of aromatic nitrogens is 2. The second kappa shape index (κ2) is 3.09. The molecule has 1 heterocycles. The molecule has 12 heavy (non-hydrogen) atoms. The number of nitrogens with zero attached hydrogens (tertiary/aromatic N) is 2. The molecule has 3 nitrogen and oxygen atoms in total. The minimum atomic E-state index is 0.566. The summed E-state index contributed by atoms with van der Waals surface area (Å²) in [7, 11) is 0. The van der Waals surface area contributed by atoms with E-state index in [9.17, 15) is 0 Å². The quantitative estimate of drug-likeness (QED) is 0.736. The Morgan fingerprint density at radius 2 is 2.08 bits per heavy atom. The van der Waals surface area contributed by atoms with Crippen LogP contribution in [0.15, 0.2) is 18.7 Å². The van der Waals surface area contributed by atoms with E-state index in [0.29, 0.717) is 6.04 Å². The fourth-order valence-electron chi connectivity index (χ4n) is 1.35. The van der Waals surface area contributed by atoms with Crippen molar-refractivity contribution in [2.24, 2.45) is 5.92 Å². The number of nitrogens with one attached hydrogen (secondary N) is 1. The lowest BCUT2D eigenvalue weighted by Gasteiger charge is -2.12. The van der Waals surface area contributed by atoms with E-state index in [0.717, 1.165) is 11.6 Å². The maximum Gasteiger partial charge on any atom is 0.115 e. The van der Waals surface area contributed by atoms with Gasteiger partial charge in [-0.25, -0.2) is 9.97 Å². The summed E-state index contributed by atoms with van der Waals surface area (Å²) in [5.74, 6) is 0.866. The van der Waals surface area contributed by atoms with Gasteiger partial charge in [-0.2, -0.15) is 0 Å². The monoisotopic (exact) mass is 163 g/mol. The van der Waals surface area contributed by atoms with E-state index in [4.69, 9.17) is 0 Å². The van der Waals surface area contributed by atoms with Crippen LogP contribution in [0.5, 0.6) is 0 Å². The lowest BCUT2D eigenvalue weighted by molar-refractivity contribution is 0.693. The number of rotatable bonds is 3. The van der Waals surface area contributed by atoms with Crippen LogP contribution in [-0.2, 0) is 0 Å². The molecular weight excluding hydrogens is 150 g/mol. The molecule has 1 atom stereocenters. The van der Waals surface area contributed by atoms with Crippen molar-refractivity contribution in [3.63, 3.8) is 0 Å². The Balaban J connectivity index is 1.94. The largest absolute Gasteiger partial charge is 0.380 e. The van der Waals surface area contributed by atoms with Crippen molar-refractivity contribution in [1.29, 1.82) is 0 Å². The minimum absolute atomic E-state index is 0.566. The number of hydrogen-bond acceptors (Lipinski definition) is 3. The van der Waals surface area contributed by atoms with Crippen LogP contribution in [0.3, 0.4) is 0 Å². The van der Waals surface area contributed by atoms with Crippen LogP contribution in [0.1, 0.15) is 19.8 Å². The highest BCUT2D eigenvalue weighted by Crippen LogP contribution is 2.33. The maximum atomic E-state index is 3.94. The van der Waals surface area contributed by atoms with Gasteiger partial charge in [0.15, 0.2) is 0 Å². The van der Waals surface area contributed by atoms with Gasteiger partial charge in [0.05, 0.1) is 18.1 Å². The SMILES string of the molecule is CC(Nc1cncnc1)C1CC1. The zero-order valence-corrected chi connectivity index (χ0v) is 7.20. The van der Waals surface area contributed by atoms with Crippen molar-refractivity contribution in [3.05, 3.63) is 18.7 Å². The maximum absolute atomic E-state index is 3.94. The summed E-state index contributed by atoms with van der Waals surface area (Å²) < 4.78 is 0. The molecule has 1 fully saturated rings. The zero-order valence-electron chi connectivity index (χ0n) is 7.20. The average Bonchev–Trinajstić information content (AvgIpc) is 2.88. The van der Waals surface area contributed by atoms with E-state index in [1.54, 1.807) is 6.33 Å². The van der Waals surface area contributed by atoms with E-state index in [2.05, 4.69) is 22.2 Å². The van der Waals surface area contributed by atoms with Crippen molar-refractivity contribution < 1.29 is 0 Å². The molecule has 0 radical (unpaired) electrons. The molecule has 0 spiro atoms. The molecule has 1 N–H and O–H groups in total. The van der Waals surface area contributed by atoms with Crippen LogP contribution in [0.2, 0.25) is 0 Å². The molecule has 1 aliphatic carbocycles. The molecule has 1 aromatic heterocycles. The Morgan fingerprint density at radius 3 is 2.67 bits per heavy atom. The third-order valence-corrected chi connectivity index (χ3v) is 2.28. The minimum Gasteiger partial charge on any atom is -0.380 e. The first kappa shape index (κ1) is 7.53. The molecule has 1 unspecified atom stereocenters. The molecule has 0 amide bonds. The molecule has 0 aliphatic heterocycles. The summed E-state index contributed by atoms with van der Waals surface area (Å²) in [5, 5.41) is 3.38. The molecule has 1 aromatic rings. The Morgan fingerprint density at radius 1 is 1.42 bits per heavy atom. The lowest BCUT2D eigenvalue weighted by atomic mass is 10.2. The lowest BCUT2D eigenvalue weighted by Crippen LogP contribution is -2.17. The fourth-order valence-corrected chi connectivity index (χ4v) is 1.35. The highest BCUT2D eigenvalue weighted by molar-refractivity contribution is 5.38. The van der Waals surface area contributed by atoms with E-state index in [-0.39, 0.29) is 0 Å². The van der Waals surface area contributed by atoms with Gasteiger partial charge in [0, 0.05) is 6.04 Å². The summed E-state index contributed by atoms with van der Waals surface area (Å²) in [5.41, 5.74) is 1.02. The first-order chi connectivity index (χ1) is 5.86. The summed E-state index contributed by atoms with van der Waals surface area (Å²) in [6, 6.07) is 0.566. The predicted octanol–water partition coefficient (Wildman–Crippen LogP) is 1.69. The first-order valence-corrected chi connectivity index (χ1v) is 4.38. The summed E-state index contributed by atoms with van der Waals surface area (Å²) in [4.78, 5) is 7.89. The number of anilines is 1. The van der Waals surface area contributed by atoms with Crippen LogP contribution < -0.4 is 5.32 Å². The zero-order chi connectivity index (χ0) is 8.39. The van der Waals surface area contributed by atoms with Gasteiger partial charge in [0.1, 0.15) is 6.33 Å². The molecule has 0 saturated heterocycles. The highest BCUT2D eigenvalue weighted by Gasteiger charge is 2.27. The van der Waals surface area contributed by atoms with Crippen molar-refractivity contribution in [1.82, 2.24) is 9.97 Å². The number of hydrogen-bond donors (Lipinski definition) is 1. The van der Waals surface area contributed by atoms with E-state index in [1.807, 2.05) is 12.4 Å². The van der Waals surface area contributed by atoms with Crippen LogP contribution >= 0.6 is 0 Å². The summed E-state index contributed by atoms with van der Waals surface area (Å²) in [6.07, 6.45) is 7.90. The molecule has 0 aromatic carbocycles. The Hall–Kier alpha value is -1.12. The van der Waals surface area contributed by atoms with Gasteiger partial charge in [-0.1, -0.05) is 0 Å². The van der Waals surface area contributed by atoms with Crippen LogP contribution in [0.4, 0.5) is 5.69 Å². The topological polar surface area (TPSA) is 37.8 Å². The van der Waals surface area contributed by atoms with Crippen LogP contribution in [0, 0.1) is 5.92 Å². The average molecular weight is 163 g/mol. The van der Waals surface area contributed by atoms with Gasteiger partial charge < -0.3 is 5.32 Å². The smallest absolute Gasteiger partial charge is 0.115 e.